The SMILES string of the molecule is CCc1ccc(C(Cl)C2Cc3ccccc32)cc1. The highest BCUT2D eigenvalue weighted by molar-refractivity contribution is 6.21. The summed E-state index contributed by atoms with van der Waals surface area (Å²) in [6, 6.07) is 17.4. The zero-order valence-corrected chi connectivity index (χ0v) is 11.3. The fourth-order valence-corrected chi connectivity index (χ4v) is 3.10. The molecule has 0 aromatic heterocycles. The summed E-state index contributed by atoms with van der Waals surface area (Å²) in [5, 5.41) is 0.103. The molecule has 0 radical (unpaired) electrons. The van der Waals surface area contributed by atoms with Crippen molar-refractivity contribution in [3.63, 3.8) is 0 Å². The number of hydrogen-bond acceptors (Lipinski definition) is 0. The van der Waals surface area contributed by atoms with E-state index in [4.69, 9.17) is 11.6 Å². The molecule has 2 atom stereocenters. The molecule has 0 nitrogen and oxygen atoms in total. The molecule has 0 bridgehead atoms. The van der Waals surface area contributed by atoms with E-state index in [-0.39, 0.29) is 5.38 Å². The van der Waals surface area contributed by atoms with E-state index in [1.54, 1.807) is 0 Å². The second-order valence-corrected chi connectivity index (χ2v) is 5.48. The van der Waals surface area contributed by atoms with Crippen LogP contribution in [0.2, 0.25) is 0 Å². The highest BCUT2D eigenvalue weighted by Crippen LogP contribution is 2.46. The Morgan fingerprint density at radius 3 is 2.50 bits per heavy atom. The molecule has 92 valence electrons. The molecule has 18 heavy (non-hydrogen) atoms. The minimum Gasteiger partial charge on any atom is -0.117 e. The Morgan fingerprint density at radius 2 is 1.83 bits per heavy atom. The van der Waals surface area contributed by atoms with E-state index in [2.05, 4.69) is 55.5 Å². The van der Waals surface area contributed by atoms with Crippen LogP contribution < -0.4 is 0 Å². The lowest BCUT2D eigenvalue weighted by Gasteiger charge is -2.33. The summed E-state index contributed by atoms with van der Waals surface area (Å²) in [5.74, 6) is 0.482. The predicted molar refractivity (Wildman–Crippen MR) is 77.3 cm³/mol. The molecule has 1 aliphatic carbocycles. The van der Waals surface area contributed by atoms with Gasteiger partial charge in [-0.3, -0.25) is 0 Å². The number of fused-ring (bicyclic) bond motifs is 1. The van der Waals surface area contributed by atoms with Gasteiger partial charge in [-0.25, -0.2) is 0 Å². The Balaban J connectivity index is 1.82. The van der Waals surface area contributed by atoms with Crippen molar-refractivity contribution in [1.82, 2.24) is 0 Å². The number of rotatable bonds is 3. The van der Waals surface area contributed by atoms with Gasteiger partial charge in [0.1, 0.15) is 0 Å². The van der Waals surface area contributed by atoms with Crippen molar-refractivity contribution < 1.29 is 0 Å². The van der Waals surface area contributed by atoms with Crippen molar-refractivity contribution in [2.75, 3.05) is 0 Å². The molecule has 3 rings (SSSR count). The van der Waals surface area contributed by atoms with Crippen molar-refractivity contribution in [3.05, 3.63) is 70.8 Å². The Bertz CT molecular complexity index is 542. The van der Waals surface area contributed by atoms with Crippen molar-refractivity contribution in [1.29, 1.82) is 0 Å². The Morgan fingerprint density at radius 1 is 1.11 bits per heavy atom. The summed E-state index contributed by atoms with van der Waals surface area (Å²) in [5.41, 5.74) is 5.50. The minimum atomic E-state index is 0.103. The third kappa shape index (κ3) is 1.95. The van der Waals surface area contributed by atoms with Gasteiger partial charge in [-0.1, -0.05) is 55.5 Å². The smallest absolute Gasteiger partial charge is 0.0657 e. The van der Waals surface area contributed by atoms with Crippen LogP contribution in [0.4, 0.5) is 0 Å². The highest BCUT2D eigenvalue weighted by Gasteiger charge is 2.32. The first-order valence-electron chi connectivity index (χ1n) is 6.60. The summed E-state index contributed by atoms with van der Waals surface area (Å²) in [4.78, 5) is 0. The maximum atomic E-state index is 6.63. The first-order chi connectivity index (χ1) is 8.79. The van der Waals surface area contributed by atoms with Crippen molar-refractivity contribution in [2.24, 2.45) is 0 Å². The van der Waals surface area contributed by atoms with E-state index in [0.29, 0.717) is 5.92 Å². The minimum absolute atomic E-state index is 0.103. The molecule has 0 fully saturated rings. The molecule has 0 saturated carbocycles. The van der Waals surface area contributed by atoms with E-state index in [9.17, 15) is 0 Å². The third-order valence-corrected chi connectivity index (χ3v) is 4.51. The zero-order valence-electron chi connectivity index (χ0n) is 10.6. The largest absolute Gasteiger partial charge is 0.117 e. The zero-order chi connectivity index (χ0) is 12.5. The van der Waals surface area contributed by atoms with E-state index in [1.807, 2.05) is 0 Å². The molecule has 2 aromatic rings. The van der Waals surface area contributed by atoms with Crippen molar-refractivity contribution >= 4 is 11.6 Å². The van der Waals surface area contributed by atoms with Crippen LogP contribution in [0.5, 0.6) is 0 Å². The second-order valence-electron chi connectivity index (χ2n) is 5.01. The van der Waals surface area contributed by atoms with E-state index in [1.165, 1.54) is 22.3 Å². The monoisotopic (exact) mass is 256 g/mol. The molecule has 0 aliphatic heterocycles. The predicted octanol–water partition coefficient (Wildman–Crippen LogP) is 4.87. The Hall–Kier alpha value is -1.27. The Labute approximate surface area is 114 Å². The fourth-order valence-electron chi connectivity index (χ4n) is 2.73. The van der Waals surface area contributed by atoms with Gasteiger partial charge in [0.05, 0.1) is 5.38 Å². The maximum absolute atomic E-state index is 6.63. The second kappa shape index (κ2) is 4.78. The van der Waals surface area contributed by atoms with Crippen LogP contribution >= 0.6 is 11.6 Å². The van der Waals surface area contributed by atoms with Gasteiger partial charge in [-0.05, 0) is 35.1 Å². The molecular formula is C17H17Cl. The molecule has 0 N–H and O–H groups in total. The number of benzene rings is 2. The summed E-state index contributed by atoms with van der Waals surface area (Å²) in [7, 11) is 0. The number of hydrogen-bond donors (Lipinski definition) is 0. The topological polar surface area (TPSA) is 0 Å². The average molecular weight is 257 g/mol. The molecule has 2 aromatic carbocycles. The van der Waals surface area contributed by atoms with Gasteiger partial charge in [0.25, 0.3) is 0 Å². The van der Waals surface area contributed by atoms with E-state index >= 15 is 0 Å². The van der Waals surface area contributed by atoms with E-state index < -0.39 is 0 Å². The standard InChI is InChI=1S/C17H17Cl/c1-2-12-7-9-13(10-8-12)17(18)16-11-14-5-3-4-6-15(14)16/h3-10,16-17H,2,11H2,1H3. The van der Waals surface area contributed by atoms with Gasteiger partial charge in [-0.15, -0.1) is 11.6 Å². The van der Waals surface area contributed by atoms with Crippen molar-refractivity contribution in [2.45, 2.75) is 31.1 Å². The lowest BCUT2D eigenvalue weighted by Crippen LogP contribution is -2.20. The third-order valence-electron chi connectivity index (χ3n) is 3.95. The molecule has 1 aliphatic rings. The maximum Gasteiger partial charge on any atom is 0.0657 e. The van der Waals surface area contributed by atoms with Crippen LogP contribution in [0, 0.1) is 0 Å². The molecule has 2 unspecified atom stereocenters. The van der Waals surface area contributed by atoms with Crippen LogP contribution in [0.25, 0.3) is 0 Å². The molecular weight excluding hydrogens is 240 g/mol. The number of halogens is 1. The molecule has 0 amide bonds. The quantitative estimate of drug-likeness (QED) is 0.688. The normalized spacial score (nSPS) is 18.9. The Kier molecular flexibility index (Phi) is 3.13. The number of aryl methyl sites for hydroxylation is 1. The van der Waals surface area contributed by atoms with Gasteiger partial charge in [-0.2, -0.15) is 0 Å². The van der Waals surface area contributed by atoms with Crippen LogP contribution in [0.15, 0.2) is 48.5 Å². The van der Waals surface area contributed by atoms with Crippen LogP contribution in [-0.4, -0.2) is 0 Å². The molecule has 1 heteroatoms. The molecule has 0 spiro atoms. The van der Waals surface area contributed by atoms with Gasteiger partial charge < -0.3 is 0 Å². The summed E-state index contributed by atoms with van der Waals surface area (Å²) < 4.78 is 0. The van der Waals surface area contributed by atoms with Crippen LogP contribution in [0.3, 0.4) is 0 Å². The van der Waals surface area contributed by atoms with E-state index in [0.717, 1.165) is 12.8 Å². The lowest BCUT2D eigenvalue weighted by molar-refractivity contribution is 0.587. The lowest BCUT2D eigenvalue weighted by atomic mass is 9.74. The highest BCUT2D eigenvalue weighted by atomic mass is 35.5. The van der Waals surface area contributed by atoms with Gasteiger partial charge in [0.2, 0.25) is 0 Å². The van der Waals surface area contributed by atoms with Gasteiger partial charge in [0, 0.05) is 5.92 Å². The first kappa shape index (κ1) is 11.8. The van der Waals surface area contributed by atoms with Crippen LogP contribution in [-0.2, 0) is 12.8 Å². The number of alkyl halides is 1. The summed E-state index contributed by atoms with van der Waals surface area (Å²) in [6.07, 6.45) is 2.19. The summed E-state index contributed by atoms with van der Waals surface area (Å²) in [6.45, 7) is 2.18. The van der Waals surface area contributed by atoms with Gasteiger partial charge >= 0.3 is 0 Å². The first-order valence-corrected chi connectivity index (χ1v) is 7.04. The summed E-state index contributed by atoms with van der Waals surface area (Å²) >= 11 is 6.63. The molecule has 0 saturated heterocycles. The molecule has 0 heterocycles. The van der Waals surface area contributed by atoms with Crippen molar-refractivity contribution in [3.8, 4) is 0 Å². The van der Waals surface area contributed by atoms with Gasteiger partial charge in [0.15, 0.2) is 0 Å². The fraction of sp³-hybridized carbons (Fsp3) is 0.294. The van der Waals surface area contributed by atoms with Crippen LogP contribution in [0.1, 0.15) is 40.5 Å². The average Bonchev–Trinajstić information content (AvgIpc) is 2.40.